The molecule has 0 saturated heterocycles. The second kappa shape index (κ2) is 8.00. The van der Waals surface area contributed by atoms with Gasteiger partial charge in [-0.1, -0.05) is 47.6 Å². The molecule has 152 valence electrons. The molecule has 0 radical (unpaired) electrons. The molecule has 0 atom stereocenters. The zero-order chi connectivity index (χ0) is 21.1. The highest BCUT2D eigenvalue weighted by atomic mass is 32.2. The Labute approximate surface area is 175 Å². The monoisotopic (exact) mass is 420 g/mol. The molecule has 0 fully saturated rings. The first-order valence-corrected chi connectivity index (χ1v) is 10.7. The molecule has 0 aliphatic rings. The third kappa shape index (κ3) is 3.90. The maximum Gasteiger partial charge on any atom is 0.320 e. The molecule has 0 aliphatic heterocycles. The molecule has 1 heterocycles. The van der Waals surface area contributed by atoms with Gasteiger partial charge in [0, 0.05) is 18.3 Å². The molecule has 0 bridgehead atoms. The second-order valence-electron chi connectivity index (χ2n) is 6.69. The van der Waals surface area contributed by atoms with E-state index in [0.29, 0.717) is 17.3 Å². The summed E-state index contributed by atoms with van der Waals surface area (Å²) in [6.45, 7) is 1.96. The highest BCUT2D eigenvalue weighted by Gasteiger charge is 2.21. The van der Waals surface area contributed by atoms with Gasteiger partial charge in [0.2, 0.25) is 5.89 Å². The van der Waals surface area contributed by atoms with Crippen molar-refractivity contribution in [2.75, 3.05) is 16.7 Å². The third-order valence-corrected chi connectivity index (χ3v) is 6.45. The van der Waals surface area contributed by atoms with Crippen LogP contribution in [0.3, 0.4) is 0 Å². The largest absolute Gasteiger partial charge is 0.403 e. The number of nitrogens with one attached hydrogen (secondary N) is 1. The van der Waals surface area contributed by atoms with E-state index in [2.05, 4.69) is 15.5 Å². The highest BCUT2D eigenvalue weighted by molar-refractivity contribution is 7.92. The van der Waals surface area contributed by atoms with Gasteiger partial charge in [-0.15, -0.1) is 5.10 Å². The van der Waals surface area contributed by atoms with E-state index in [1.807, 2.05) is 37.3 Å². The lowest BCUT2D eigenvalue weighted by Gasteiger charge is -2.19. The van der Waals surface area contributed by atoms with Crippen molar-refractivity contribution in [3.05, 3.63) is 84.4 Å². The number of para-hydroxylation sites is 1. The van der Waals surface area contributed by atoms with Gasteiger partial charge in [0.05, 0.1) is 10.6 Å². The molecule has 0 aliphatic carbocycles. The topological polar surface area (TPSA) is 88.3 Å². The maximum atomic E-state index is 13.0. The van der Waals surface area contributed by atoms with Crippen molar-refractivity contribution in [1.29, 1.82) is 0 Å². The van der Waals surface area contributed by atoms with Crippen LogP contribution in [0, 0.1) is 6.92 Å². The standard InChI is InChI=1S/C22H20N4O3S/c1-16-9-6-7-14-20(16)21-24-25-22(29-21)23-17-10-8-13-19(15-17)30(27,28)26(2)18-11-4-3-5-12-18/h3-15H,1-2H3,(H,23,25). The van der Waals surface area contributed by atoms with Crippen LogP contribution in [0.15, 0.2) is 88.2 Å². The first-order chi connectivity index (χ1) is 14.4. The molecule has 7 nitrogen and oxygen atoms in total. The number of anilines is 3. The fraction of sp³-hybridized carbons (Fsp3) is 0.0909. The van der Waals surface area contributed by atoms with Gasteiger partial charge in [0.1, 0.15) is 0 Å². The molecule has 1 N–H and O–H groups in total. The second-order valence-corrected chi connectivity index (χ2v) is 8.66. The van der Waals surface area contributed by atoms with E-state index in [4.69, 9.17) is 4.42 Å². The first kappa shape index (κ1) is 19.7. The van der Waals surface area contributed by atoms with Crippen LogP contribution in [-0.2, 0) is 10.0 Å². The van der Waals surface area contributed by atoms with Crippen molar-refractivity contribution in [3.63, 3.8) is 0 Å². The lowest BCUT2D eigenvalue weighted by molar-refractivity contribution is 0.586. The summed E-state index contributed by atoms with van der Waals surface area (Å²) in [6, 6.07) is 23.3. The van der Waals surface area contributed by atoms with Crippen molar-refractivity contribution in [1.82, 2.24) is 10.2 Å². The van der Waals surface area contributed by atoms with Crippen molar-refractivity contribution >= 4 is 27.4 Å². The minimum atomic E-state index is -3.72. The quantitative estimate of drug-likeness (QED) is 0.490. The Balaban J connectivity index is 1.58. The number of aryl methyl sites for hydroxylation is 1. The molecule has 0 amide bonds. The smallest absolute Gasteiger partial charge is 0.320 e. The molecule has 4 rings (SSSR count). The average molecular weight is 420 g/mol. The number of benzene rings is 3. The van der Waals surface area contributed by atoms with Crippen LogP contribution in [-0.4, -0.2) is 25.7 Å². The number of hydrogen-bond acceptors (Lipinski definition) is 6. The highest BCUT2D eigenvalue weighted by Crippen LogP contribution is 2.27. The van der Waals surface area contributed by atoms with Gasteiger partial charge in [-0.25, -0.2) is 8.42 Å². The molecular weight excluding hydrogens is 400 g/mol. The van der Waals surface area contributed by atoms with Crippen LogP contribution >= 0.6 is 0 Å². The van der Waals surface area contributed by atoms with Crippen LogP contribution in [0.25, 0.3) is 11.5 Å². The predicted molar refractivity (Wildman–Crippen MR) is 116 cm³/mol. The lowest BCUT2D eigenvalue weighted by Crippen LogP contribution is -2.26. The normalized spacial score (nSPS) is 11.3. The number of sulfonamides is 1. The summed E-state index contributed by atoms with van der Waals surface area (Å²) in [5, 5.41) is 11.1. The fourth-order valence-electron chi connectivity index (χ4n) is 2.99. The van der Waals surface area contributed by atoms with Crippen LogP contribution in [0.2, 0.25) is 0 Å². The van der Waals surface area contributed by atoms with Gasteiger partial charge in [0.25, 0.3) is 10.0 Å². The van der Waals surface area contributed by atoms with Crippen molar-refractivity contribution in [3.8, 4) is 11.5 Å². The maximum absolute atomic E-state index is 13.0. The molecule has 0 spiro atoms. The van der Waals surface area contributed by atoms with Crippen molar-refractivity contribution in [2.45, 2.75) is 11.8 Å². The minimum absolute atomic E-state index is 0.150. The van der Waals surface area contributed by atoms with E-state index in [1.54, 1.807) is 42.5 Å². The van der Waals surface area contributed by atoms with Crippen LogP contribution in [0.5, 0.6) is 0 Å². The van der Waals surface area contributed by atoms with Gasteiger partial charge < -0.3 is 9.73 Å². The predicted octanol–water partition coefficient (Wildman–Crippen LogP) is 4.61. The number of rotatable bonds is 6. The van der Waals surface area contributed by atoms with Crippen molar-refractivity contribution < 1.29 is 12.8 Å². The minimum Gasteiger partial charge on any atom is -0.403 e. The van der Waals surface area contributed by atoms with Gasteiger partial charge >= 0.3 is 6.01 Å². The van der Waals surface area contributed by atoms with Gasteiger partial charge in [0.15, 0.2) is 0 Å². The fourth-order valence-corrected chi connectivity index (χ4v) is 4.23. The molecule has 30 heavy (non-hydrogen) atoms. The Kier molecular flexibility index (Phi) is 5.24. The third-order valence-electron chi connectivity index (χ3n) is 4.66. The van der Waals surface area contributed by atoms with E-state index in [9.17, 15) is 8.42 Å². The van der Waals surface area contributed by atoms with Gasteiger partial charge in [-0.05, 0) is 48.9 Å². The molecular formula is C22H20N4O3S. The molecule has 8 heteroatoms. The Morgan fingerprint density at radius 1 is 0.900 bits per heavy atom. The number of hydrogen-bond donors (Lipinski definition) is 1. The molecule has 1 aromatic heterocycles. The molecule has 0 saturated carbocycles. The first-order valence-electron chi connectivity index (χ1n) is 9.26. The number of nitrogens with zero attached hydrogens (tertiary/aromatic N) is 3. The summed E-state index contributed by atoms with van der Waals surface area (Å²) < 4.78 is 33.0. The lowest BCUT2D eigenvalue weighted by atomic mass is 10.1. The number of aromatic nitrogens is 2. The van der Waals surface area contributed by atoms with E-state index in [1.165, 1.54) is 17.4 Å². The van der Waals surface area contributed by atoms with Crippen LogP contribution in [0.1, 0.15) is 5.56 Å². The Morgan fingerprint density at radius 2 is 1.63 bits per heavy atom. The summed E-state index contributed by atoms with van der Waals surface area (Å²) in [6.07, 6.45) is 0. The Hall–Kier alpha value is -3.65. The average Bonchev–Trinajstić information content (AvgIpc) is 3.22. The van der Waals surface area contributed by atoms with Crippen LogP contribution in [0.4, 0.5) is 17.4 Å². The SMILES string of the molecule is Cc1ccccc1-c1nnc(Nc2cccc(S(=O)(=O)N(C)c3ccccc3)c2)o1. The van der Waals surface area contributed by atoms with Crippen molar-refractivity contribution in [2.24, 2.45) is 0 Å². The Bertz CT molecular complexity index is 1270. The van der Waals surface area contributed by atoms with Gasteiger partial charge in [-0.3, -0.25) is 4.31 Å². The van der Waals surface area contributed by atoms with E-state index < -0.39 is 10.0 Å². The summed E-state index contributed by atoms with van der Waals surface area (Å²) in [5.41, 5.74) is 2.97. The Morgan fingerprint density at radius 3 is 2.40 bits per heavy atom. The molecule has 4 aromatic rings. The summed E-state index contributed by atoms with van der Waals surface area (Å²) in [4.78, 5) is 0.150. The summed E-state index contributed by atoms with van der Waals surface area (Å²) in [7, 11) is -2.20. The molecule has 0 unspecified atom stereocenters. The zero-order valence-electron chi connectivity index (χ0n) is 16.5. The molecule has 3 aromatic carbocycles. The van der Waals surface area contributed by atoms with Crippen LogP contribution < -0.4 is 9.62 Å². The van der Waals surface area contributed by atoms with E-state index >= 15 is 0 Å². The summed E-state index contributed by atoms with van der Waals surface area (Å²) in [5.74, 6) is 0.392. The van der Waals surface area contributed by atoms with Gasteiger partial charge in [-0.2, -0.15) is 0 Å². The van der Waals surface area contributed by atoms with E-state index in [0.717, 1.165) is 11.1 Å². The summed E-state index contributed by atoms with van der Waals surface area (Å²) >= 11 is 0. The van der Waals surface area contributed by atoms with E-state index in [-0.39, 0.29) is 10.9 Å². The zero-order valence-corrected chi connectivity index (χ0v) is 17.3.